The Morgan fingerprint density at radius 2 is 1.89 bits per heavy atom. The molecule has 106 valence electrons. The molecule has 1 amide bonds. The summed E-state index contributed by atoms with van der Waals surface area (Å²) in [4.78, 5) is 15.4. The van der Waals surface area contributed by atoms with E-state index in [9.17, 15) is 4.79 Å². The molecule has 0 spiro atoms. The molecule has 4 nitrogen and oxygen atoms in total. The van der Waals surface area contributed by atoms with Crippen LogP contribution >= 0.6 is 0 Å². The second-order valence-corrected chi connectivity index (χ2v) is 9.73. The molecule has 0 radical (unpaired) electrons. The number of nitrogens with zero attached hydrogens (tertiary/aromatic N) is 2. The van der Waals surface area contributed by atoms with Gasteiger partial charge in [0.15, 0.2) is 0 Å². The summed E-state index contributed by atoms with van der Waals surface area (Å²) in [6.07, 6.45) is 3.04. The van der Waals surface area contributed by atoms with Crippen molar-refractivity contribution in [3.63, 3.8) is 0 Å². The normalized spacial score (nSPS) is 15.9. The molecule has 0 bridgehead atoms. The minimum atomic E-state index is -0.382. The zero-order valence-corrected chi connectivity index (χ0v) is 18.6. The summed E-state index contributed by atoms with van der Waals surface area (Å²) in [5, 5.41) is 0. The van der Waals surface area contributed by atoms with Crippen LogP contribution in [0.4, 0.5) is 4.79 Å². The zero-order chi connectivity index (χ0) is 14.3. The third-order valence-electron chi connectivity index (χ3n) is 2.09. The monoisotopic (exact) mass is 364 g/mol. The van der Waals surface area contributed by atoms with Crippen LogP contribution in [0.25, 0.3) is 0 Å². The molecule has 0 aromatic carbocycles. The van der Waals surface area contributed by atoms with E-state index in [1.165, 1.54) is 0 Å². The first kappa shape index (κ1) is 17.8. The number of carbonyl (C=O) groups excluding carboxylic acids is 1. The molecule has 0 saturated heterocycles. The summed E-state index contributed by atoms with van der Waals surface area (Å²) in [6.45, 7) is 7.25. The van der Waals surface area contributed by atoms with Crippen molar-refractivity contribution < 1.29 is 9.53 Å². The fraction of sp³-hybridized carbons (Fsp3) is 0.769. The van der Waals surface area contributed by atoms with Gasteiger partial charge in [-0.1, -0.05) is 0 Å². The van der Waals surface area contributed by atoms with E-state index in [1.54, 1.807) is 8.49 Å². The summed E-state index contributed by atoms with van der Waals surface area (Å²) >= 11 is 0.613. The van der Waals surface area contributed by atoms with Gasteiger partial charge in [-0.25, -0.2) is 0 Å². The van der Waals surface area contributed by atoms with Gasteiger partial charge in [-0.3, -0.25) is 0 Å². The summed E-state index contributed by atoms with van der Waals surface area (Å²) in [6, 6.07) is 0. The zero-order valence-electron chi connectivity index (χ0n) is 12.9. The Bertz CT molecular complexity index is 293. The van der Waals surface area contributed by atoms with E-state index in [0.717, 1.165) is 19.5 Å². The van der Waals surface area contributed by atoms with Crippen molar-refractivity contribution in [2.24, 2.45) is 0 Å². The van der Waals surface area contributed by atoms with E-state index in [0.29, 0.717) is 22.5 Å². The molecule has 0 aliphatic carbocycles. The van der Waals surface area contributed by atoms with Crippen LogP contribution in [0.3, 0.4) is 0 Å². The maximum Gasteiger partial charge on any atom is -0.0140 e. The molecule has 0 aromatic heterocycles. The standard InChI is InChI=1S/C10H16NO2.C3H9N.Sn.3H/c1-10(2,3)13-9(12)11-7-5-4-6-8-11;1-4(2)3;;;;/h5H,6-8H2,1-3H3;1-3H3;;;;. The molecule has 0 aromatic rings. The fourth-order valence-electron chi connectivity index (χ4n) is 1.26. The second kappa shape index (κ2) is 8.04. The SMILES string of the molecule is CC(C)(C)OC(=O)N1CC=[C]([SnH3])CC1.CN(C)C. The summed E-state index contributed by atoms with van der Waals surface area (Å²) in [7, 11) is 6.00. The first-order chi connectivity index (χ1) is 8.11. The largest absolute Gasteiger partial charge is 0.312 e. The quantitative estimate of drug-likeness (QED) is 0.604. The van der Waals surface area contributed by atoms with Crippen LogP contribution in [0.1, 0.15) is 27.2 Å². The molecule has 0 N–H and O–H groups in total. The number of hydrogen-bond acceptors (Lipinski definition) is 3. The Morgan fingerprint density at radius 3 is 2.22 bits per heavy atom. The Hall–Kier alpha value is -0.231. The van der Waals surface area contributed by atoms with Crippen LogP contribution in [0.15, 0.2) is 9.67 Å². The number of rotatable bonds is 0. The van der Waals surface area contributed by atoms with E-state index < -0.39 is 0 Å². The van der Waals surface area contributed by atoms with E-state index in [4.69, 9.17) is 4.74 Å². The third kappa shape index (κ3) is 9.76. The number of hydrogen-bond donors (Lipinski definition) is 0. The van der Waals surface area contributed by atoms with Gasteiger partial charge in [-0.05, 0) is 21.1 Å². The predicted octanol–water partition coefficient (Wildman–Crippen LogP) is 1.05. The smallest absolute Gasteiger partial charge is 0.0140 e. The van der Waals surface area contributed by atoms with Crippen molar-refractivity contribution in [2.75, 3.05) is 34.2 Å². The molecule has 0 atom stereocenters. The Balaban J connectivity index is 0.000000631. The van der Waals surface area contributed by atoms with E-state index >= 15 is 0 Å². The predicted molar refractivity (Wildman–Crippen MR) is 80.1 cm³/mol. The maximum atomic E-state index is 11.6. The first-order valence-electron chi connectivity index (χ1n) is 6.36. The number of carbonyl (C=O) groups is 1. The van der Waals surface area contributed by atoms with Gasteiger partial charge in [-0.2, -0.15) is 0 Å². The van der Waals surface area contributed by atoms with E-state index in [1.807, 2.05) is 46.8 Å². The van der Waals surface area contributed by atoms with E-state index in [2.05, 4.69) is 6.08 Å². The van der Waals surface area contributed by atoms with Gasteiger partial charge in [0.1, 0.15) is 0 Å². The second-order valence-electron chi connectivity index (χ2n) is 6.07. The third-order valence-corrected chi connectivity index (χ3v) is 4.68. The van der Waals surface area contributed by atoms with Gasteiger partial charge < -0.3 is 4.90 Å². The molecule has 5 heteroatoms. The Morgan fingerprint density at radius 1 is 1.39 bits per heavy atom. The van der Waals surface area contributed by atoms with Gasteiger partial charge in [0, 0.05) is 0 Å². The Kier molecular flexibility index (Phi) is 7.94. The van der Waals surface area contributed by atoms with Crippen molar-refractivity contribution in [2.45, 2.75) is 32.8 Å². The minimum Gasteiger partial charge on any atom is -0.312 e. The van der Waals surface area contributed by atoms with Gasteiger partial charge in [-0.15, -0.1) is 0 Å². The topological polar surface area (TPSA) is 32.8 Å². The molecule has 0 saturated carbocycles. The van der Waals surface area contributed by atoms with Crippen molar-refractivity contribution >= 4 is 28.6 Å². The van der Waals surface area contributed by atoms with Crippen molar-refractivity contribution in [3.05, 3.63) is 9.67 Å². The van der Waals surface area contributed by atoms with Crippen LogP contribution in [-0.4, -0.2) is 78.3 Å². The molecule has 1 rings (SSSR count). The molecule has 1 aliphatic heterocycles. The van der Waals surface area contributed by atoms with Crippen molar-refractivity contribution in [3.8, 4) is 0 Å². The first-order valence-corrected chi connectivity index (χ1v) is 9.21. The molecular formula is C13H28N2O2Sn. The molecule has 1 heterocycles. The van der Waals surface area contributed by atoms with Crippen molar-refractivity contribution in [1.82, 2.24) is 9.80 Å². The van der Waals surface area contributed by atoms with Crippen LogP contribution < -0.4 is 0 Å². The molecular weight excluding hydrogens is 335 g/mol. The summed E-state index contributed by atoms with van der Waals surface area (Å²) in [5.74, 6) is 0. The van der Waals surface area contributed by atoms with Crippen LogP contribution in [-0.2, 0) is 4.74 Å². The van der Waals surface area contributed by atoms with Crippen LogP contribution in [0.5, 0.6) is 0 Å². The minimum absolute atomic E-state index is 0.184. The Labute approximate surface area is 124 Å². The molecule has 0 unspecified atom stereocenters. The number of amides is 1. The van der Waals surface area contributed by atoms with Gasteiger partial charge >= 0.3 is 98.6 Å². The van der Waals surface area contributed by atoms with Gasteiger partial charge in [0.2, 0.25) is 0 Å². The van der Waals surface area contributed by atoms with Crippen molar-refractivity contribution in [1.29, 1.82) is 0 Å². The number of ether oxygens (including phenoxy) is 1. The van der Waals surface area contributed by atoms with Crippen LogP contribution in [0, 0.1) is 0 Å². The fourth-order valence-corrected chi connectivity index (χ4v) is 2.42. The average molecular weight is 363 g/mol. The molecule has 0 fully saturated rings. The average Bonchev–Trinajstić information content (AvgIpc) is 2.14. The molecule has 18 heavy (non-hydrogen) atoms. The van der Waals surface area contributed by atoms with Crippen LogP contribution in [0.2, 0.25) is 0 Å². The summed E-state index contributed by atoms with van der Waals surface area (Å²) < 4.78 is 6.85. The maximum absolute atomic E-state index is 11.6. The summed E-state index contributed by atoms with van der Waals surface area (Å²) in [5.41, 5.74) is -0.382. The molecule has 1 aliphatic rings. The van der Waals surface area contributed by atoms with E-state index in [-0.39, 0.29) is 11.7 Å². The van der Waals surface area contributed by atoms with Gasteiger partial charge in [0.05, 0.1) is 0 Å². The van der Waals surface area contributed by atoms with Gasteiger partial charge in [0.25, 0.3) is 0 Å².